The number of rotatable bonds is 8. The summed E-state index contributed by atoms with van der Waals surface area (Å²) in [5, 5.41) is 4.87. The van der Waals surface area contributed by atoms with Crippen LogP contribution in [0.25, 0.3) is 11.0 Å². The van der Waals surface area contributed by atoms with Gasteiger partial charge in [0.2, 0.25) is 5.95 Å². The number of nitrogens with zero attached hydrogens (tertiary/aromatic N) is 5. The van der Waals surface area contributed by atoms with E-state index in [0.29, 0.717) is 11.6 Å². The second-order valence-electron chi connectivity index (χ2n) is 10.9. The van der Waals surface area contributed by atoms with Gasteiger partial charge in [0.15, 0.2) is 0 Å². The van der Waals surface area contributed by atoms with Gasteiger partial charge in [0.05, 0.1) is 23.9 Å². The maximum absolute atomic E-state index is 12.6. The first-order valence-electron chi connectivity index (χ1n) is 13.9. The molecule has 0 spiro atoms. The van der Waals surface area contributed by atoms with Crippen LogP contribution in [0.3, 0.4) is 0 Å². The normalized spacial score (nSPS) is 17.4. The van der Waals surface area contributed by atoms with E-state index in [-0.39, 0.29) is 11.6 Å². The van der Waals surface area contributed by atoms with Crippen LogP contribution in [-0.2, 0) is 4.74 Å². The van der Waals surface area contributed by atoms with Gasteiger partial charge < -0.3 is 15.0 Å². The zero-order chi connectivity index (χ0) is 26.6. The molecule has 0 amide bonds. The van der Waals surface area contributed by atoms with Crippen LogP contribution >= 0.6 is 11.6 Å². The number of anilines is 3. The van der Waals surface area contributed by atoms with Gasteiger partial charge in [0, 0.05) is 55.6 Å². The molecular weight excluding hydrogens is 500 g/mol. The highest BCUT2D eigenvalue weighted by molar-refractivity contribution is 6.33. The summed E-state index contributed by atoms with van der Waals surface area (Å²) >= 11 is 6.75. The van der Waals surface area contributed by atoms with Crippen molar-refractivity contribution < 1.29 is 4.74 Å². The van der Waals surface area contributed by atoms with Crippen molar-refractivity contribution in [2.45, 2.75) is 52.5 Å². The number of nitrogens with one attached hydrogen (secondary N) is 1. The lowest BCUT2D eigenvalue weighted by Gasteiger charge is -2.34. The summed E-state index contributed by atoms with van der Waals surface area (Å²) in [7, 11) is 0. The number of ether oxygens (including phenoxy) is 1. The second-order valence-corrected chi connectivity index (χ2v) is 11.3. The number of hydrogen-bond donors (Lipinski definition) is 1. The first-order chi connectivity index (χ1) is 18.4. The van der Waals surface area contributed by atoms with Gasteiger partial charge in [-0.2, -0.15) is 4.98 Å². The van der Waals surface area contributed by atoms with Gasteiger partial charge in [-0.25, -0.2) is 4.98 Å². The van der Waals surface area contributed by atoms with Crippen LogP contribution in [0.5, 0.6) is 0 Å². The van der Waals surface area contributed by atoms with Crippen LogP contribution in [0.2, 0.25) is 5.02 Å². The molecule has 8 nitrogen and oxygen atoms in total. The Labute approximate surface area is 230 Å². The van der Waals surface area contributed by atoms with Crippen LogP contribution in [0, 0.1) is 12.8 Å². The van der Waals surface area contributed by atoms with Crippen LogP contribution in [-0.4, -0.2) is 65.4 Å². The van der Waals surface area contributed by atoms with Gasteiger partial charge in [-0.15, -0.1) is 0 Å². The molecule has 1 aromatic carbocycles. The maximum Gasteiger partial charge on any atom is 0.252 e. The number of benzene rings is 1. The molecule has 9 heteroatoms. The van der Waals surface area contributed by atoms with E-state index < -0.39 is 0 Å². The van der Waals surface area contributed by atoms with Crippen molar-refractivity contribution in [1.29, 1.82) is 0 Å². The Kier molecular flexibility index (Phi) is 8.51. The monoisotopic (exact) mass is 538 g/mol. The fourth-order valence-corrected chi connectivity index (χ4v) is 5.99. The van der Waals surface area contributed by atoms with E-state index in [9.17, 15) is 4.79 Å². The molecule has 4 heterocycles. The van der Waals surface area contributed by atoms with Crippen molar-refractivity contribution in [3.8, 4) is 0 Å². The van der Waals surface area contributed by atoms with E-state index in [0.717, 1.165) is 72.7 Å². The molecular formula is C29H39ClN6O2. The van der Waals surface area contributed by atoms with Crippen LogP contribution < -0.4 is 15.8 Å². The Bertz CT molecular complexity index is 1310. The quantitative estimate of drug-likeness (QED) is 0.411. The minimum Gasteiger partial charge on any atom is -0.379 e. The first kappa shape index (κ1) is 26.9. The van der Waals surface area contributed by atoms with E-state index in [1.54, 1.807) is 16.8 Å². The van der Waals surface area contributed by atoms with Gasteiger partial charge >= 0.3 is 0 Å². The largest absolute Gasteiger partial charge is 0.379 e. The first-order valence-corrected chi connectivity index (χ1v) is 14.3. The average Bonchev–Trinajstić information content (AvgIpc) is 2.90. The summed E-state index contributed by atoms with van der Waals surface area (Å²) in [6.07, 6.45) is 6.77. The van der Waals surface area contributed by atoms with Gasteiger partial charge in [-0.05, 0) is 82.7 Å². The van der Waals surface area contributed by atoms with Crippen molar-refractivity contribution in [2.75, 3.05) is 56.2 Å². The molecule has 38 heavy (non-hydrogen) atoms. The molecule has 1 N–H and O–H groups in total. The lowest BCUT2D eigenvalue weighted by atomic mass is 9.92. The molecule has 204 valence electrons. The van der Waals surface area contributed by atoms with E-state index in [1.807, 2.05) is 32.9 Å². The zero-order valence-electron chi connectivity index (χ0n) is 22.8. The van der Waals surface area contributed by atoms with Crippen molar-refractivity contribution in [1.82, 2.24) is 19.4 Å². The molecule has 2 aliphatic rings. The molecule has 0 aliphatic carbocycles. The van der Waals surface area contributed by atoms with Crippen LogP contribution in [0.1, 0.15) is 51.1 Å². The smallest absolute Gasteiger partial charge is 0.252 e. The number of pyridine rings is 1. The number of fused-ring (bicyclic) bond motifs is 1. The Morgan fingerprint density at radius 1 is 1.13 bits per heavy atom. The summed E-state index contributed by atoms with van der Waals surface area (Å²) in [6.45, 7) is 13.1. The molecule has 5 rings (SSSR count). The molecule has 2 saturated heterocycles. The number of piperidine rings is 1. The Hall–Kier alpha value is -2.68. The van der Waals surface area contributed by atoms with E-state index in [1.165, 1.54) is 32.2 Å². The molecule has 2 aromatic heterocycles. The fraction of sp³-hybridized carbons (Fsp3) is 0.552. The molecule has 2 aliphatic heterocycles. The van der Waals surface area contributed by atoms with Gasteiger partial charge in [0.1, 0.15) is 5.65 Å². The van der Waals surface area contributed by atoms with Crippen LogP contribution in [0.15, 0.2) is 35.3 Å². The molecule has 0 saturated carbocycles. The molecule has 0 bridgehead atoms. The minimum atomic E-state index is -0.0529. The predicted molar refractivity (Wildman–Crippen MR) is 155 cm³/mol. The minimum absolute atomic E-state index is 0.00372. The van der Waals surface area contributed by atoms with E-state index >= 15 is 0 Å². The highest BCUT2D eigenvalue weighted by Gasteiger charge is 2.21. The second kappa shape index (κ2) is 12.0. The third-order valence-corrected chi connectivity index (χ3v) is 8.17. The molecule has 0 atom stereocenters. The summed E-state index contributed by atoms with van der Waals surface area (Å²) < 4.78 is 7.16. The number of hydrogen-bond acceptors (Lipinski definition) is 7. The number of morpholine rings is 1. The van der Waals surface area contributed by atoms with Crippen molar-refractivity contribution in [2.24, 2.45) is 5.92 Å². The third kappa shape index (κ3) is 6.14. The van der Waals surface area contributed by atoms with Crippen molar-refractivity contribution in [3.05, 3.63) is 51.4 Å². The third-order valence-electron chi connectivity index (χ3n) is 7.86. The Balaban J connectivity index is 1.20. The number of aryl methyl sites for hydroxylation is 1. The Morgan fingerprint density at radius 2 is 1.89 bits per heavy atom. The van der Waals surface area contributed by atoms with Gasteiger partial charge in [0.25, 0.3) is 5.56 Å². The summed E-state index contributed by atoms with van der Waals surface area (Å²) in [6, 6.07) is 7.68. The van der Waals surface area contributed by atoms with E-state index in [4.69, 9.17) is 21.3 Å². The predicted octanol–water partition coefficient (Wildman–Crippen LogP) is 5.41. The molecule has 3 aromatic rings. The lowest BCUT2D eigenvalue weighted by molar-refractivity contribution is 0.0365. The molecule has 0 unspecified atom stereocenters. The number of halogens is 1. The summed E-state index contributed by atoms with van der Waals surface area (Å²) in [5.41, 5.74) is 3.36. The summed E-state index contributed by atoms with van der Waals surface area (Å²) in [5.74, 6) is 1.24. The lowest BCUT2D eigenvalue weighted by Crippen LogP contribution is -2.37. The van der Waals surface area contributed by atoms with Crippen molar-refractivity contribution >= 4 is 40.0 Å². The number of aromatic nitrogens is 3. The highest BCUT2D eigenvalue weighted by Crippen LogP contribution is 2.33. The van der Waals surface area contributed by atoms with Gasteiger partial charge in [-0.3, -0.25) is 14.3 Å². The zero-order valence-corrected chi connectivity index (χ0v) is 23.5. The maximum atomic E-state index is 12.6. The highest BCUT2D eigenvalue weighted by atomic mass is 35.5. The summed E-state index contributed by atoms with van der Waals surface area (Å²) in [4.78, 5) is 26.7. The fourth-order valence-electron chi connectivity index (χ4n) is 5.69. The van der Waals surface area contributed by atoms with E-state index in [2.05, 4.69) is 26.2 Å². The average molecular weight is 539 g/mol. The molecule has 2 fully saturated rings. The van der Waals surface area contributed by atoms with Gasteiger partial charge in [-0.1, -0.05) is 11.6 Å². The molecule has 0 radical (unpaired) electrons. The standard InChI is InChI=1S/C29H39ClN6O2/c1-20(2)36-27(37)17-21(3)24-19-31-29(33-28(24)36)32-23-6-7-26(25(30)18-23)35-11-8-22(9-12-35)5-4-10-34-13-15-38-16-14-34/h6-7,17-20,22H,4-5,8-16H2,1-3H3,(H,31,32,33). The SMILES string of the molecule is Cc1cc(=O)n(C(C)C)c2nc(Nc3ccc(N4CCC(CCCN5CCOCC5)CC4)c(Cl)c3)ncc12. The topological polar surface area (TPSA) is 75.5 Å². The Morgan fingerprint density at radius 3 is 2.61 bits per heavy atom. The van der Waals surface area contributed by atoms with Crippen molar-refractivity contribution in [3.63, 3.8) is 0 Å². The van der Waals surface area contributed by atoms with Crippen LogP contribution in [0.4, 0.5) is 17.3 Å².